The maximum absolute atomic E-state index is 12.9. The van der Waals surface area contributed by atoms with Crippen LogP contribution in [0.1, 0.15) is 37.0 Å². The maximum atomic E-state index is 12.9. The van der Waals surface area contributed by atoms with E-state index in [0.717, 1.165) is 10.9 Å². The van der Waals surface area contributed by atoms with Crippen LogP contribution in [-0.2, 0) is 0 Å². The first-order chi connectivity index (χ1) is 17.1. The van der Waals surface area contributed by atoms with Crippen molar-refractivity contribution in [2.75, 3.05) is 26.2 Å². The minimum absolute atomic E-state index is 0.120. The Balaban J connectivity index is 1.19. The van der Waals surface area contributed by atoms with Gasteiger partial charge in [-0.25, -0.2) is 4.98 Å². The fraction of sp³-hybridized carbons (Fsp3) is 0.143. The number of nitrogens with zero attached hydrogens (tertiary/aromatic N) is 3. The number of furan rings is 1. The third-order valence-electron chi connectivity index (χ3n) is 6.03. The highest BCUT2D eigenvalue weighted by atomic mass is 16.3. The molecule has 4 aromatic rings. The Bertz CT molecular complexity index is 1400. The van der Waals surface area contributed by atoms with Crippen molar-refractivity contribution in [1.82, 2.24) is 14.8 Å². The van der Waals surface area contributed by atoms with E-state index in [9.17, 15) is 14.4 Å². The number of pyridine rings is 1. The summed E-state index contributed by atoms with van der Waals surface area (Å²) in [5.74, 6) is -0.151. The van der Waals surface area contributed by atoms with Gasteiger partial charge in [0.25, 0.3) is 11.8 Å². The van der Waals surface area contributed by atoms with Gasteiger partial charge in [0.15, 0.2) is 11.5 Å². The van der Waals surface area contributed by atoms with E-state index < -0.39 is 0 Å². The number of amides is 2. The number of hydrogen-bond acceptors (Lipinski definition) is 5. The van der Waals surface area contributed by atoms with Crippen LogP contribution in [0, 0.1) is 0 Å². The lowest BCUT2D eigenvalue weighted by molar-refractivity contribution is 0.0518. The molecular formula is C28H23N3O4. The fourth-order valence-electron chi connectivity index (χ4n) is 4.06. The largest absolute Gasteiger partial charge is 0.459 e. The van der Waals surface area contributed by atoms with E-state index in [2.05, 4.69) is 4.98 Å². The molecule has 0 bridgehead atoms. The molecule has 0 atom stereocenters. The van der Waals surface area contributed by atoms with Crippen molar-refractivity contribution in [3.8, 4) is 0 Å². The van der Waals surface area contributed by atoms with E-state index >= 15 is 0 Å². The predicted octanol–water partition coefficient (Wildman–Crippen LogP) is 4.32. The molecule has 1 aliphatic rings. The van der Waals surface area contributed by atoms with Crippen LogP contribution in [0.2, 0.25) is 0 Å². The fourth-order valence-corrected chi connectivity index (χ4v) is 4.06. The van der Waals surface area contributed by atoms with Gasteiger partial charge in [-0.05, 0) is 48.6 Å². The molecule has 0 saturated carbocycles. The van der Waals surface area contributed by atoms with Crippen molar-refractivity contribution < 1.29 is 18.8 Å². The molecule has 5 rings (SSSR count). The zero-order chi connectivity index (χ0) is 24.2. The first kappa shape index (κ1) is 22.3. The van der Waals surface area contributed by atoms with E-state index in [1.165, 1.54) is 12.3 Å². The molecule has 35 heavy (non-hydrogen) atoms. The van der Waals surface area contributed by atoms with E-state index in [-0.39, 0.29) is 17.6 Å². The Kier molecular flexibility index (Phi) is 6.22. The zero-order valence-corrected chi connectivity index (χ0v) is 19.0. The molecule has 1 fully saturated rings. The Hall–Kier alpha value is -4.52. The van der Waals surface area contributed by atoms with Crippen molar-refractivity contribution in [3.05, 3.63) is 108 Å². The average molecular weight is 466 g/mol. The summed E-state index contributed by atoms with van der Waals surface area (Å²) in [6.07, 6.45) is 4.65. The molecule has 0 radical (unpaired) electrons. The monoisotopic (exact) mass is 465 g/mol. The number of para-hydroxylation sites is 1. The average Bonchev–Trinajstić information content (AvgIpc) is 3.46. The molecule has 7 heteroatoms. The lowest BCUT2D eigenvalue weighted by Gasteiger charge is -2.34. The quantitative estimate of drug-likeness (QED) is 0.324. The zero-order valence-electron chi connectivity index (χ0n) is 19.0. The Morgan fingerprint density at radius 1 is 0.743 bits per heavy atom. The minimum atomic E-state index is -0.170. The Labute approximate surface area is 202 Å². The number of allylic oxidation sites excluding steroid dienone is 1. The predicted molar refractivity (Wildman–Crippen MR) is 132 cm³/mol. The number of carbonyl (C=O) groups excluding carboxylic acids is 3. The van der Waals surface area contributed by atoms with Crippen LogP contribution in [-0.4, -0.2) is 58.6 Å². The second-order valence-electron chi connectivity index (χ2n) is 8.27. The molecule has 1 aliphatic heterocycles. The minimum Gasteiger partial charge on any atom is -0.459 e. The number of carbonyl (C=O) groups is 3. The molecule has 3 heterocycles. The van der Waals surface area contributed by atoms with Gasteiger partial charge in [0.2, 0.25) is 0 Å². The smallest absolute Gasteiger partial charge is 0.289 e. The summed E-state index contributed by atoms with van der Waals surface area (Å²) in [5.41, 5.74) is 2.57. The number of piperazine rings is 1. The molecule has 174 valence electrons. The Morgan fingerprint density at radius 3 is 2.14 bits per heavy atom. The molecule has 0 spiro atoms. The van der Waals surface area contributed by atoms with Crippen LogP contribution >= 0.6 is 0 Å². The summed E-state index contributed by atoms with van der Waals surface area (Å²) in [4.78, 5) is 45.8. The SMILES string of the molecule is O=C(/C=C/c1ccc2ccccc2n1)c1ccc(C(=O)N2CCN(C(=O)c3ccco3)CC2)cc1. The lowest BCUT2D eigenvalue weighted by Crippen LogP contribution is -2.50. The number of ketones is 1. The van der Waals surface area contributed by atoms with Gasteiger partial charge in [0.05, 0.1) is 17.5 Å². The number of rotatable bonds is 5. The van der Waals surface area contributed by atoms with Crippen molar-refractivity contribution >= 4 is 34.6 Å². The van der Waals surface area contributed by atoms with Gasteiger partial charge in [-0.1, -0.05) is 36.4 Å². The van der Waals surface area contributed by atoms with Gasteiger partial charge in [-0.15, -0.1) is 0 Å². The molecule has 0 unspecified atom stereocenters. The molecule has 2 aromatic heterocycles. The van der Waals surface area contributed by atoms with Crippen LogP contribution < -0.4 is 0 Å². The second-order valence-corrected chi connectivity index (χ2v) is 8.27. The van der Waals surface area contributed by atoms with Crippen LogP contribution in [0.15, 0.2) is 89.6 Å². The van der Waals surface area contributed by atoms with Gasteiger partial charge < -0.3 is 14.2 Å². The van der Waals surface area contributed by atoms with E-state index in [1.807, 2.05) is 36.4 Å². The Morgan fingerprint density at radius 2 is 1.43 bits per heavy atom. The highest BCUT2D eigenvalue weighted by Gasteiger charge is 2.26. The number of fused-ring (bicyclic) bond motifs is 1. The van der Waals surface area contributed by atoms with Crippen molar-refractivity contribution in [2.45, 2.75) is 0 Å². The number of benzene rings is 2. The van der Waals surface area contributed by atoms with Gasteiger partial charge in [-0.3, -0.25) is 14.4 Å². The van der Waals surface area contributed by atoms with E-state index in [4.69, 9.17) is 4.42 Å². The molecule has 7 nitrogen and oxygen atoms in total. The standard InChI is InChI=1S/C28H23N3O4/c32-25(14-13-23-12-11-20-4-1-2-5-24(20)29-23)21-7-9-22(10-8-21)27(33)30-15-17-31(18-16-30)28(34)26-6-3-19-35-26/h1-14,19H,15-18H2/b14-13+. The summed E-state index contributed by atoms with van der Waals surface area (Å²) >= 11 is 0. The van der Waals surface area contributed by atoms with Crippen molar-refractivity contribution in [1.29, 1.82) is 0 Å². The first-order valence-corrected chi connectivity index (χ1v) is 11.4. The molecule has 0 aliphatic carbocycles. The molecule has 2 amide bonds. The van der Waals surface area contributed by atoms with Gasteiger partial charge >= 0.3 is 0 Å². The summed E-state index contributed by atoms with van der Waals surface area (Å²) in [5, 5.41) is 1.04. The lowest BCUT2D eigenvalue weighted by atomic mass is 10.1. The highest BCUT2D eigenvalue weighted by Crippen LogP contribution is 2.15. The third-order valence-corrected chi connectivity index (χ3v) is 6.03. The molecular weight excluding hydrogens is 442 g/mol. The van der Waals surface area contributed by atoms with Gasteiger partial charge in [0.1, 0.15) is 0 Å². The highest BCUT2D eigenvalue weighted by molar-refractivity contribution is 6.07. The van der Waals surface area contributed by atoms with E-state index in [1.54, 1.807) is 52.3 Å². The maximum Gasteiger partial charge on any atom is 0.289 e. The number of hydrogen-bond donors (Lipinski definition) is 0. The molecule has 2 aromatic carbocycles. The van der Waals surface area contributed by atoms with Crippen molar-refractivity contribution in [2.24, 2.45) is 0 Å². The van der Waals surface area contributed by atoms with Crippen LogP contribution in [0.5, 0.6) is 0 Å². The summed E-state index contributed by atoms with van der Waals surface area (Å²) in [7, 11) is 0. The normalized spacial score (nSPS) is 13.9. The van der Waals surface area contributed by atoms with Crippen molar-refractivity contribution in [3.63, 3.8) is 0 Å². The molecule has 1 saturated heterocycles. The number of aromatic nitrogens is 1. The molecule has 0 N–H and O–H groups in total. The van der Waals surface area contributed by atoms with Crippen LogP contribution in [0.4, 0.5) is 0 Å². The summed E-state index contributed by atoms with van der Waals surface area (Å²) in [6, 6.07) is 21.6. The summed E-state index contributed by atoms with van der Waals surface area (Å²) in [6.45, 7) is 1.76. The first-order valence-electron chi connectivity index (χ1n) is 11.4. The van der Waals surface area contributed by atoms with Gasteiger partial charge in [-0.2, -0.15) is 0 Å². The van der Waals surface area contributed by atoms with Gasteiger partial charge in [0, 0.05) is 42.7 Å². The topological polar surface area (TPSA) is 83.7 Å². The second kappa shape index (κ2) is 9.77. The third kappa shape index (κ3) is 4.89. The van der Waals surface area contributed by atoms with E-state index in [0.29, 0.717) is 48.8 Å². The summed E-state index contributed by atoms with van der Waals surface area (Å²) < 4.78 is 5.17. The van der Waals surface area contributed by atoms with Crippen LogP contribution in [0.25, 0.3) is 17.0 Å². The van der Waals surface area contributed by atoms with Crippen LogP contribution in [0.3, 0.4) is 0 Å².